The predicted molar refractivity (Wildman–Crippen MR) is 97.5 cm³/mol. The van der Waals surface area contributed by atoms with Crippen LogP contribution in [0, 0.1) is 11.7 Å². The summed E-state index contributed by atoms with van der Waals surface area (Å²) < 4.78 is 14.0. The van der Waals surface area contributed by atoms with E-state index >= 15 is 0 Å². The van der Waals surface area contributed by atoms with E-state index < -0.39 is 5.60 Å². The van der Waals surface area contributed by atoms with Crippen molar-refractivity contribution >= 4 is 17.5 Å². The van der Waals surface area contributed by atoms with Crippen LogP contribution in [0.2, 0.25) is 0 Å². The summed E-state index contributed by atoms with van der Waals surface area (Å²) in [6, 6.07) is 6.65. The summed E-state index contributed by atoms with van der Waals surface area (Å²) in [4.78, 5) is 32.6. The van der Waals surface area contributed by atoms with Gasteiger partial charge in [-0.1, -0.05) is 23.4 Å². The van der Waals surface area contributed by atoms with Crippen LogP contribution >= 0.6 is 0 Å². The second-order valence-corrected chi connectivity index (χ2v) is 7.89. The SMILES string of the molecule is C[C@@]1(C(=O)N2CCC[C@@H](C(=O)NC3CC3)C2)CC(c2ccccc2F)=NO1. The maximum Gasteiger partial charge on any atom is 0.269 e. The van der Waals surface area contributed by atoms with Crippen molar-refractivity contribution in [2.75, 3.05) is 13.1 Å². The molecule has 1 aromatic carbocycles. The van der Waals surface area contributed by atoms with Crippen LogP contribution in [-0.4, -0.2) is 47.2 Å². The minimum Gasteiger partial charge on any atom is -0.379 e. The van der Waals surface area contributed by atoms with Gasteiger partial charge in [0.2, 0.25) is 11.5 Å². The number of piperidine rings is 1. The third-order valence-corrected chi connectivity index (χ3v) is 5.50. The number of hydrogen-bond acceptors (Lipinski definition) is 4. The fraction of sp³-hybridized carbons (Fsp3) is 0.550. The van der Waals surface area contributed by atoms with Gasteiger partial charge in [-0.2, -0.15) is 0 Å². The van der Waals surface area contributed by atoms with Crippen LogP contribution in [0.5, 0.6) is 0 Å². The normalized spacial score (nSPS) is 27.7. The highest BCUT2D eigenvalue weighted by atomic mass is 19.1. The second-order valence-electron chi connectivity index (χ2n) is 7.89. The average molecular weight is 373 g/mol. The summed E-state index contributed by atoms with van der Waals surface area (Å²) in [7, 11) is 0. The van der Waals surface area contributed by atoms with Gasteiger partial charge in [0.25, 0.3) is 5.91 Å². The Morgan fingerprint density at radius 3 is 2.81 bits per heavy atom. The summed E-state index contributed by atoms with van der Waals surface area (Å²) >= 11 is 0. The molecule has 4 rings (SSSR count). The molecule has 2 aliphatic heterocycles. The number of benzene rings is 1. The number of carbonyl (C=O) groups is 2. The van der Waals surface area contributed by atoms with E-state index in [0.717, 1.165) is 25.7 Å². The third kappa shape index (κ3) is 3.68. The number of carbonyl (C=O) groups excluding carboxylic acids is 2. The summed E-state index contributed by atoms with van der Waals surface area (Å²) in [6.45, 7) is 2.67. The highest BCUT2D eigenvalue weighted by Crippen LogP contribution is 2.31. The Balaban J connectivity index is 1.41. The molecule has 0 bridgehead atoms. The summed E-state index contributed by atoms with van der Waals surface area (Å²) in [5.74, 6) is -0.719. The summed E-state index contributed by atoms with van der Waals surface area (Å²) in [6.07, 6.45) is 3.87. The number of nitrogens with zero attached hydrogens (tertiary/aromatic N) is 2. The Labute approximate surface area is 157 Å². The third-order valence-electron chi connectivity index (χ3n) is 5.50. The molecule has 0 radical (unpaired) electrons. The Kier molecular flexibility index (Phi) is 4.61. The van der Waals surface area contributed by atoms with Crippen molar-refractivity contribution in [3.63, 3.8) is 0 Å². The molecule has 6 nitrogen and oxygen atoms in total. The first-order valence-electron chi connectivity index (χ1n) is 9.56. The van der Waals surface area contributed by atoms with Crippen LogP contribution in [0.25, 0.3) is 0 Å². The van der Waals surface area contributed by atoms with E-state index in [9.17, 15) is 14.0 Å². The lowest BCUT2D eigenvalue weighted by atomic mass is 9.91. The van der Waals surface area contributed by atoms with Crippen molar-refractivity contribution in [3.05, 3.63) is 35.6 Å². The van der Waals surface area contributed by atoms with E-state index in [1.165, 1.54) is 6.07 Å². The lowest BCUT2D eigenvalue weighted by Crippen LogP contribution is -2.53. The molecule has 1 aromatic rings. The highest BCUT2D eigenvalue weighted by molar-refractivity contribution is 6.05. The Morgan fingerprint density at radius 1 is 1.30 bits per heavy atom. The van der Waals surface area contributed by atoms with Gasteiger partial charge < -0.3 is 15.1 Å². The zero-order valence-corrected chi connectivity index (χ0v) is 15.4. The maximum absolute atomic E-state index is 14.0. The van der Waals surface area contributed by atoms with Gasteiger partial charge in [0.15, 0.2) is 0 Å². The molecular formula is C20H24FN3O3. The van der Waals surface area contributed by atoms with E-state index in [2.05, 4.69) is 10.5 Å². The molecule has 1 aliphatic carbocycles. The molecule has 0 unspecified atom stereocenters. The molecule has 0 aromatic heterocycles. The van der Waals surface area contributed by atoms with Crippen LogP contribution in [0.1, 0.15) is 44.6 Å². The molecule has 2 atom stereocenters. The minimum atomic E-state index is -1.16. The summed E-state index contributed by atoms with van der Waals surface area (Å²) in [5, 5.41) is 7.01. The number of halogens is 1. The van der Waals surface area contributed by atoms with E-state index in [-0.39, 0.29) is 30.0 Å². The van der Waals surface area contributed by atoms with Gasteiger partial charge >= 0.3 is 0 Å². The van der Waals surface area contributed by atoms with E-state index in [4.69, 9.17) is 4.84 Å². The Bertz CT molecular complexity index is 792. The lowest BCUT2D eigenvalue weighted by molar-refractivity contribution is -0.155. The number of oxime groups is 1. The van der Waals surface area contributed by atoms with Crippen molar-refractivity contribution in [1.82, 2.24) is 10.2 Å². The molecule has 1 saturated heterocycles. The zero-order valence-electron chi connectivity index (χ0n) is 15.4. The summed E-state index contributed by atoms with van der Waals surface area (Å²) in [5.41, 5.74) is -0.370. The molecule has 0 spiro atoms. The maximum atomic E-state index is 14.0. The first-order valence-corrected chi connectivity index (χ1v) is 9.56. The minimum absolute atomic E-state index is 0.0378. The van der Waals surface area contributed by atoms with E-state index in [1.54, 1.807) is 30.0 Å². The first kappa shape index (κ1) is 17.9. The van der Waals surface area contributed by atoms with Crippen LogP contribution in [-0.2, 0) is 14.4 Å². The molecular weight excluding hydrogens is 349 g/mol. The van der Waals surface area contributed by atoms with E-state index in [1.807, 2.05) is 0 Å². The van der Waals surface area contributed by atoms with Crippen molar-refractivity contribution in [2.24, 2.45) is 11.1 Å². The largest absolute Gasteiger partial charge is 0.379 e. The van der Waals surface area contributed by atoms with Gasteiger partial charge in [-0.25, -0.2) is 4.39 Å². The number of likely N-dealkylation sites (tertiary alicyclic amines) is 1. The molecule has 1 saturated carbocycles. The van der Waals surface area contributed by atoms with Gasteiger partial charge in [-0.3, -0.25) is 9.59 Å². The van der Waals surface area contributed by atoms with Gasteiger partial charge in [-0.15, -0.1) is 0 Å². The standard InChI is InChI=1S/C20H24FN3O3/c1-20(11-17(23-27-20)15-6-2-3-7-16(15)21)19(26)24-10-4-5-13(12-24)18(25)22-14-8-9-14/h2-3,6-7,13-14H,4-5,8-12H2,1H3,(H,22,25)/t13-,20+/m1/s1. The van der Waals surface area contributed by atoms with Crippen molar-refractivity contribution in [1.29, 1.82) is 0 Å². The number of hydrogen-bond donors (Lipinski definition) is 1. The number of rotatable bonds is 4. The van der Waals surface area contributed by atoms with Crippen LogP contribution < -0.4 is 5.32 Å². The number of amides is 2. The molecule has 2 amide bonds. The van der Waals surface area contributed by atoms with Crippen molar-refractivity contribution in [2.45, 2.75) is 50.7 Å². The van der Waals surface area contributed by atoms with Crippen LogP contribution in [0.15, 0.2) is 29.4 Å². The second kappa shape index (κ2) is 6.94. The quantitative estimate of drug-likeness (QED) is 0.880. The lowest BCUT2D eigenvalue weighted by Gasteiger charge is -2.35. The molecule has 3 aliphatic rings. The Morgan fingerprint density at radius 2 is 2.07 bits per heavy atom. The fourth-order valence-corrected chi connectivity index (χ4v) is 3.75. The molecule has 27 heavy (non-hydrogen) atoms. The van der Waals surface area contributed by atoms with Crippen molar-refractivity contribution < 1.29 is 18.8 Å². The van der Waals surface area contributed by atoms with E-state index in [0.29, 0.717) is 30.4 Å². The van der Waals surface area contributed by atoms with Gasteiger partial charge in [0.05, 0.1) is 11.6 Å². The van der Waals surface area contributed by atoms with Gasteiger partial charge in [-0.05, 0) is 38.7 Å². The molecule has 2 heterocycles. The van der Waals surface area contributed by atoms with Gasteiger partial charge in [0.1, 0.15) is 5.82 Å². The monoisotopic (exact) mass is 373 g/mol. The molecule has 1 N–H and O–H groups in total. The number of nitrogens with one attached hydrogen (secondary N) is 1. The average Bonchev–Trinajstić information content (AvgIpc) is 3.40. The highest BCUT2D eigenvalue weighted by Gasteiger charge is 2.46. The fourth-order valence-electron chi connectivity index (χ4n) is 3.75. The van der Waals surface area contributed by atoms with Crippen molar-refractivity contribution in [3.8, 4) is 0 Å². The first-order chi connectivity index (χ1) is 13.0. The molecule has 144 valence electrons. The predicted octanol–water partition coefficient (Wildman–Crippen LogP) is 2.23. The topological polar surface area (TPSA) is 71.0 Å². The smallest absolute Gasteiger partial charge is 0.269 e. The van der Waals surface area contributed by atoms with Crippen LogP contribution in [0.4, 0.5) is 4.39 Å². The molecule has 2 fully saturated rings. The Hall–Kier alpha value is -2.44. The molecule has 7 heteroatoms. The van der Waals surface area contributed by atoms with Crippen LogP contribution in [0.3, 0.4) is 0 Å². The van der Waals surface area contributed by atoms with Gasteiger partial charge in [0, 0.05) is 31.1 Å². The zero-order chi connectivity index (χ0) is 19.0.